The summed E-state index contributed by atoms with van der Waals surface area (Å²) in [6.45, 7) is 4.03. The predicted octanol–water partition coefficient (Wildman–Crippen LogP) is 0.421. The molecule has 0 bridgehead atoms. The second kappa shape index (κ2) is 15.7. The molecule has 0 aromatic carbocycles. The van der Waals surface area contributed by atoms with Gasteiger partial charge in [-0.1, -0.05) is 0 Å². The predicted molar refractivity (Wildman–Crippen MR) is 39.1 cm³/mol. The van der Waals surface area contributed by atoms with Crippen LogP contribution in [0.25, 0.3) is 0 Å². The third kappa shape index (κ3) is 16.7. The second-order valence-corrected chi connectivity index (χ2v) is 0.751. The molecule has 3 nitrogen and oxygen atoms in total. The van der Waals surface area contributed by atoms with Crippen LogP contribution in [0.2, 0.25) is 0 Å². The molecule has 0 aromatic rings. The maximum atomic E-state index is 5.00. The van der Waals surface area contributed by atoms with Crippen molar-refractivity contribution in [2.24, 2.45) is 10.9 Å². The highest BCUT2D eigenvalue weighted by atomic mass is 35.5. The Bertz CT molecular complexity index is 44.3. The van der Waals surface area contributed by atoms with Crippen molar-refractivity contribution in [3.63, 3.8) is 0 Å². The topological polar surface area (TPSA) is 47.6 Å². The van der Waals surface area contributed by atoms with Gasteiger partial charge in [-0.2, -0.15) is 0 Å². The largest absolute Gasteiger partial charge is 0.395 e. The van der Waals surface area contributed by atoms with Gasteiger partial charge in [-0.15, -0.1) is 30.0 Å². The van der Waals surface area contributed by atoms with E-state index < -0.39 is 0 Å². The Morgan fingerprint density at radius 3 is 2.12 bits per heavy atom. The highest BCUT2D eigenvalue weighted by molar-refractivity contribution is 5.85. The Morgan fingerprint density at radius 1 is 1.50 bits per heavy atom. The molecule has 0 aliphatic rings. The van der Waals surface area contributed by atoms with Crippen LogP contribution in [0.4, 0.5) is 0 Å². The molecule has 0 saturated heterocycles. The van der Waals surface area contributed by atoms with Gasteiger partial charge in [-0.25, -0.2) is 0 Å². The second-order valence-electron chi connectivity index (χ2n) is 0.751. The van der Waals surface area contributed by atoms with Crippen LogP contribution in [-0.4, -0.2) is 19.9 Å². The molecule has 2 N–H and O–H groups in total. The summed E-state index contributed by atoms with van der Waals surface area (Å²) < 4.78 is 0. The molecule has 8 heavy (non-hydrogen) atoms. The van der Waals surface area contributed by atoms with Crippen LogP contribution in [0.3, 0.4) is 0 Å². The van der Waals surface area contributed by atoms with E-state index in [2.05, 4.69) is 16.7 Å². The average molecular weight is 161 g/mol. The minimum Gasteiger partial charge on any atom is -0.395 e. The number of halogens is 2. The van der Waals surface area contributed by atoms with Gasteiger partial charge < -0.3 is 10.6 Å². The number of nitrogens with two attached hydrogens (primary N) is 1. The van der Waals surface area contributed by atoms with Gasteiger partial charge in [0.1, 0.15) is 6.61 Å². The number of hydrogen-bond acceptors (Lipinski definition) is 3. The molecule has 0 aromatic heterocycles. The summed E-state index contributed by atoms with van der Waals surface area (Å²) in [6, 6.07) is 0. The first-order valence-electron chi connectivity index (χ1n) is 1.70. The first-order valence-corrected chi connectivity index (χ1v) is 1.70. The van der Waals surface area contributed by atoms with Crippen molar-refractivity contribution >= 4 is 31.5 Å². The van der Waals surface area contributed by atoms with E-state index in [4.69, 9.17) is 5.73 Å². The van der Waals surface area contributed by atoms with E-state index >= 15 is 0 Å². The Labute approximate surface area is 61.1 Å². The lowest BCUT2D eigenvalue weighted by Gasteiger charge is -1.88. The molecule has 5 heteroatoms. The zero-order valence-corrected chi connectivity index (χ0v) is 6.00. The van der Waals surface area contributed by atoms with Crippen LogP contribution in [0.1, 0.15) is 0 Å². The SMILES string of the molecule is C=NOCCN.Cl.Cl. The minimum atomic E-state index is 0. The van der Waals surface area contributed by atoms with Crippen molar-refractivity contribution in [3.05, 3.63) is 0 Å². The fourth-order valence-electron chi connectivity index (χ4n) is 0.117. The summed E-state index contributed by atoms with van der Waals surface area (Å²) >= 11 is 0. The molecule has 0 aliphatic carbocycles. The van der Waals surface area contributed by atoms with Crippen molar-refractivity contribution in [2.75, 3.05) is 13.2 Å². The first kappa shape index (κ1) is 15.7. The van der Waals surface area contributed by atoms with E-state index in [-0.39, 0.29) is 24.8 Å². The Kier molecular flexibility index (Phi) is 30.9. The molecule has 0 spiro atoms. The number of oxime groups is 1. The summed E-state index contributed by atoms with van der Waals surface area (Å²) in [5.74, 6) is 0. The summed E-state index contributed by atoms with van der Waals surface area (Å²) in [5, 5.41) is 3.10. The van der Waals surface area contributed by atoms with Gasteiger partial charge in [0.2, 0.25) is 0 Å². The minimum absolute atomic E-state index is 0. The van der Waals surface area contributed by atoms with E-state index in [1.165, 1.54) is 0 Å². The molecule has 0 atom stereocenters. The van der Waals surface area contributed by atoms with Gasteiger partial charge in [0.25, 0.3) is 0 Å². The van der Waals surface area contributed by atoms with Gasteiger partial charge in [0.15, 0.2) is 0 Å². The lowest BCUT2D eigenvalue weighted by atomic mass is 10.8. The van der Waals surface area contributed by atoms with Crippen LogP contribution in [0.5, 0.6) is 0 Å². The van der Waals surface area contributed by atoms with Gasteiger partial charge in [0.05, 0.1) is 0 Å². The number of hydrogen-bond donors (Lipinski definition) is 1. The third-order valence-electron chi connectivity index (χ3n) is 0.300. The monoisotopic (exact) mass is 160 g/mol. The molecule has 0 saturated carbocycles. The van der Waals surface area contributed by atoms with Crippen LogP contribution in [0.15, 0.2) is 5.16 Å². The Balaban J connectivity index is -0.000000125. The van der Waals surface area contributed by atoms with Crippen molar-refractivity contribution < 1.29 is 4.84 Å². The number of rotatable bonds is 3. The average Bonchev–Trinajstić information content (AvgIpc) is 1.61. The third-order valence-corrected chi connectivity index (χ3v) is 0.300. The highest BCUT2D eigenvalue weighted by Gasteiger charge is 1.69. The van der Waals surface area contributed by atoms with Crippen LogP contribution < -0.4 is 5.73 Å². The van der Waals surface area contributed by atoms with Gasteiger partial charge >= 0.3 is 0 Å². The molecule has 0 radical (unpaired) electrons. The van der Waals surface area contributed by atoms with E-state index in [0.29, 0.717) is 13.2 Å². The summed E-state index contributed by atoms with van der Waals surface area (Å²) in [4.78, 5) is 4.37. The molecule has 0 aliphatic heterocycles. The zero-order chi connectivity index (χ0) is 4.83. The summed E-state index contributed by atoms with van der Waals surface area (Å²) in [5.41, 5.74) is 5.00. The van der Waals surface area contributed by atoms with Crippen LogP contribution in [0, 0.1) is 0 Å². The Morgan fingerprint density at radius 2 is 2.00 bits per heavy atom. The normalized spacial score (nSPS) is 5.62. The zero-order valence-electron chi connectivity index (χ0n) is 4.37. The van der Waals surface area contributed by atoms with Crippen molar-refractivity contribution in [3.8, 4) is 0 Å². The maximum absolute atomic E-state index is 5.00. The van der Waals surface area contributed by atoms with E-state index in [1.807, 2.05) is 0 Å². The van der Waals surface area contributed by atoms with Gasteiger partial charge in [-0.3, -0.25) is 0 Å². The standard InChI is InChI=1S/C3H8N2O.2ClH/c1-5-6-3-2-4;;/h1-4H2;2*1H. The number of nitrogens with zero attached hydrogens (tertiary/aromatic N) is 1. The first-order chi connectivity index (χ1) is 2.91. The highest BCUT2D eigenvalue weighted by Crippen LogP contribution is 1.64. The molecule has 0 rings (SSSR count). The molecular weight excluding hydrogens is 151 g/mol. The maximum Gasteiger partial charge on any atom is 0.129 e. The van der Waals surface area contributed by atoms with Crippen molar-refractivity contribution in [1.82, 2.24) is 0 Å². The molecular formula is C3H10Cl2N2O. The lowest BCUT2D eigenvalue weighted by molar-refractivity contribution is 0.155. The quantitative estimate of drug-likeness (QED) is 0.370. The smallest absolute Gasteiger partial charge is 0.129 e. The van der Waals surface area contributed by atoms with E-state index in [1.54, 1.807) is 0 Å². The fraction of sp³-hybridized carbons (Fsp3) is 0.667. The van der Waals surface area contributed by atoms with E-state index in [9.17, 15) is 0 Å². The molecule has 0 amide bonds. The molecule has 0 fully saturated rings. The Hall–Kier alpha value is 0.01000. The van der Waals surface area contributed by atoms with Crippen LogP contribution in [-0.2, 0) is 4.84 Å². The fourth-order valence-corrected chi connectivity index (χ4v) is 0.117. The summed E-state index contributed by atoms with van der Waals surface area (Å²) in [6.07, 6.45) is 0. The van der Waals surface area contributed by atoms with Gasteiger partial charge in [-0.05, 0) is 0 Å². The van der Waals surface area contributed by atoms with Gasteiger partial charge in [0, 0.05) is 13.3 Å². The van der Waals surface area contributed by atoms with Crippen molar-refractivity contribution in [1.29, 1.82) is 0 Å². The van der Waals surface area contributed by atoms with Crippen molar-refractivity contribution in [2.45, 2.75) is 0 Å². The summed E-state index contributed by atoms with van der Waals surface area (Å²) in [7, 11) is 0. The molecule has 0 heterocycles. The molecule has 0 unspecified atom stereocenters. The molecule has 52 valence electrons. The van der Waals surface area contributed by atoms with Crippen LogP contribution >= 0.6 is 24.8 Å². The lowest BCUT2D eigenvalue weighted by Crippen LogP contribution is -2.04. The van der Waals surface area contributed by atoms with E-state index in [0.717, 1.165) is 0 Å².